The van der Waals surface area contributed by atoms with E-state index in [1.165, 1.54) is 0 Å². The van der Waals surface area contributed by atoms with Gasteiger partial charge in [-0.25, -0.2) is 4.98 Å². The summed E-state index contributed by atoms with van der Waals surface area (Å²) in [5, 5.41) is 8.00. The Kier molecular flexibility index (Phi) is 3.87. The van der Waals surface area contributed by atoms with Crippen molar-refractivity contribution < 1.29 is 0 Å². The molecule has 0 spiro atoms. The van der Waals surface area contributed by atoms with Gasteiger partial charge >= 0.3 is 0 Å². The fraction of sp³-hybridized carbons (Fsp3) is 0.545. The van der Waals surface area contributed by atoms with Gasteiger partial charge in [-0.2, -0.15) is 0 Å². The Morgan fingerprint density at radius 3 is 3.06 bits per heavy atom. The summed E-state index contributed by atoms with van der Waals surface area (Å²) in [5.41, 5.74) is 6.43. The summed E-state index contributed by atoms with van der Waals surface area (Å²) in [6.07, 6.45) is 7.56. The van der Waals surface area contributed by atoms with E-state index < -0.39 is 0 Å². The Labute approximate surface area is 100 Å². The molecule has 0 aromatic carbocycles. The van der Waals surface area contributed by atoms with Crippen LogP contribution >= 0.6 is 0 Å². The Morgan fingerprint density at radius 2 is 2.29 bits per heavy atom. The number of unbranched alkanes of at least 4 members (excludes halogenated alkanes) is 1. The molecule has 6 nitrogen and oxygen atoms in total. The lowest BCUT2D eigenvalue weighted by molar-refractivity contribution is 0.707. The highest BCUT2D eigenvalue weighted by Crippen LogP contribution is 2.16. The molecule has 2 heterocycles. The number of hydrogen-bond acceptors (Lipinski definition) is 5. The highest BCUT2D eigenvalue weighted by molar-refractivity contribution is 5.63. The summed E-state index contributed by atoms with van der Waals surface area (Å²) >= 11 is 0. The summed E-state index contributed by atoms with van der Waals surface area (Å²) in [6, 6.07) is 0. The fourth-order valence-electron chi connectivity index (χ4n) is 1.80. The molecular weight excluding hydrogens is 216 g/mol. The average Bonchev–Trinajstić information content (AvgIpc) is 2.82. The normalized spacial score (nSPS) is 10.9. The molecule has 6 heteroatoms. The fourth-order valence-corrected chi connectivity index (χ4v) is 1.80. The van der Waals surface area contributed by atoms with E-state index in [0.29, 0.717) is 6.54 Å². The summed E-state index contributed by atoms with van der Waals surface area (Å²) in [5.74, 6) is 0.865. The van der Waals surface area contributed by atoms with Crippen LogP contribution in [0.4, 0.5) is 5.82 Å². The van der Waals surface area contributed by atoms with Crippen LogP contribution in [-0.2, 0) is 0 Å². The molecule has 0 atom stereocenters. The second-order valence-corrected chi connectivity index (χ2v) is 3.94. The van der Waals surface area contributed by atoms with Crippen molar-refractivity contribution in [3.63, 3.8) is 0 Å². The number of anilines is 1. The molecular formula is C11H18N6. The van der Waals surface area contributed by atoms with Gasteiger partial charge in [-0.1, -0.05) is 13.3 Å². The Morgan fingerprint density at radius 1 is 1.41 bits per heavy atom. The minimum absolute atomic E-state index is 0.612. The molecule has 2 N–H and O–H groups in total. The van der Waals surface area contributed by atoms with E-state index in [1.807, 2.05) is 10.6 Å². The molecule has 2 aromatic heterocycles. The van der Waals surface area contributed by atoms with Gasteiger partial charge in [0, 0.05) is 32.0 Å². The highest BCUT2D eigenvalue weighted by Gasteiger charge is 2.12. The van der Waals surface area contributed by atoms with Gasteiger partial charge in [0.2, 0.25) is 5.65 Å². The summed E-state index contributed by atoms with van der Waals surface area (Å²) in [6.45, 7) is 4.53. The van der Waals surface area contributed by atoms with Crippen LogP contribution in [0.1, 0.15) is 19.8 Å². The highest BCUT2D eigenvalue weighted by atomic mass is 15.3. The number of nitrogens with two attached hydrogens (primary N) is 1. The molecule has 0 unspecified atom stereocenters. The van der Waals surface area contributed by atoms with Gasteiger partial charge in [0.1, 0.15) is 6.33 Å². The molecule has 0 aliphatic carbocycles. The zero-order valence-electron chi connectivity index (χ0n) is 10.1. The Bertz CT molecular complexity index is 466. The quantitative estimate of drug-likeness (QED) is 0.796. The second kappa shape index (κ2) is 5.58. The Hall–Kier alpha value is -1.69. The van der Waals surface area contributed by atoms with E-state index in [2.05, 4.69) is 27.0 Å². The van der Waals surface area contributed by atoms with Gasteiger partial charge in [-0.05, 0) is 6.42 Å². The zero-order valence-corrected chi connectivity index (χ0v) is 10.1. The first-order valence-corrected chi connectivity index (χ1v) is 5.96. The maximum Gasteiger partial charge on any atom is 0.203 e. The maximum atomic E-state index is 5.65. The second-order valence-electron chi connectivity index (χ2n) is 3.94. The van der Waals surface area contributed by atoms with Crippen molar-refractivity contribution in [2.75, 3.05) is 24.5 Å². The van der Waals surface area contributed by atoms with Crippen molar-refractivity contribution in [1.29, 1.82) is 0 Å². The Balaban J connectivity index is 2.30. The minimum Gasteiger partial charge on any atom is -0.352 e. The molecule has 0 radical (unpaired) electrons. The molecule has 17 heavy (non-hydrogen) atoms. The molecule has 0 amide bonds. The van der Waals surface area contributed by atoms with Crippen LogP contribution in [-0.4, -0.2) is 39.2 Å². The third-order valence-corrected chi connectivity index (χ3v) is 2.68. The molecule has 92 valence electrons. The monoisotopic (exact) mass is 234 g/mol. The van der Waals surface area contributed by atoms with E-state index in [4.69, 9.17) is 5.73 Å². The number of aromatic nitrogens is 4. The summed E-state index contributed by atoms with van der Waals surface area (Å²) < 4.78 is 1.87. The lowest BCUT2D eigenvalue weighted by Crippen LogP contribution is -2.31. The predicted molar refractivity (Wildman–Crippen MR) is 67.0 cm³/mol. The first kappa shape index (κ1) is 11.8. The van der Waals surface area contributed by atoms with Crippen molar-refractivity contribution >= 4 is 11.5 Å². The van der Waals surface area contributed by atoms with Crippen LogP contribution in [0.2, 0.25) is 0 Å². The maximum absolute atomic E-state index is 5.65. The number of nitrogens with zero attached hydrogens (tertiary/aromatic N) is 5. The molecule has 2 aromatic rings. The minimum atomic E-state index is 0.612. The first-order chi connectivity index (χ1) is 8.36. The third kappa shape index (κ3) is 2.52. The van der Waals surface area contributed by atoms with Gasteiger partial charge < -0.3 is 10.6 Å². The first-order valence-electron chi connectivity index (χ1n) is 5.96. The number of rotatable bonds is 6. The molecule has 0 aliphatic rings. The van der Waals surface area contributed by atoms with Crippen molar-refractivity contribution in [2.45, 2.75) is 19.8 Å². The molecule has 0 saturated carbocycles. The lowest BCUT2D eigenvalue weighted by Gasteiger charge is -2.22. The van der Waals surface area contributed by atoms with E-state index >= 15 is 0 Å². The van der Waals surface area contributed by atoms with Crippen LogP contribution in [0.15, 0.2) is 18.7 Å². The number of hydrogen-bond donors (Lipinski definition) is 1. The third-order valence-electron chi connectivity index (χ3n) is 2.68. The smallest absolute Gasteiger partial charge is 0.203 e. The average molecular weight is 234 g/mol. The zero-order chi connectivity index (χ0) is 12.1. The molecule has 0 aliphatic heterocycles. The SMILES string of the molecule is CCCCN(CCN)c1nccn2cnnc12. The summed E-state index contributed by atoms with van der Waals surface area (Å²) in [7, 11) is 0. The van der Waals surface area contributed by atoms with Crippen LogP contribution in [0.25, 0.3) is 5.65 Å². The van der Waals surface area contributed by atoms with Gasteiger partial charge in [0.15, 0.2) is 5.82 Å². The van der Waals surface area contributed by atoms with Crippen LogP contribution in [0.3, 0.4) is 0 Å². The van der Waals surface area contributed by atoms with Crippen molar-refractivity contribution in [3.8, 4) is 0 Å². The van der Waals surface area contributed by atoms with E-state index in [9.17, 15) is 0 Å². The van der Waals surface area contributed by atoms with Gasteiger partial charge in [-0.15, -0.1) is 10.2 Å². The molecule has 0 saturated heterocycles. The summed E-state index contributed by atoms with van der Waals surface area (Å²) in [4.78, 5) is 6.57. The van der Waals surface area contributed by atoms with Crippen LogP contribution in [0, 0.1) is 0 Å². The van der Waals surface area contributed by atoms with Gasteiger partial charge in [0.25, 0.3) is 0 Å². The van der Waals surface area contributed by atoms with E-state index in [-0.39, 0.29) is 0 Å². The van der Waals surface area contributed by atoms with Gasteiger partial charge in [-0.3, -0.25) is 4.40 Å². The van der Waals surface area contributed by atoms with E-state index in [0.717, 1.165) is 37.4 Å². The van der Waals surface area contributed by atoms with E-state index in [1.54, 1.807) is 12.5 Å². The van der Waals surface area contributed by atoms with Crippen molar-refractivity contribution in [1.82, 2.24) is 19.6 Å². The van der Waals surface area contributed by atoms with Crippen LogP contribution in [0.5, 0.6) is 0 Å². The predicted octanol–water partition coefficient (Wildman–Crippen LogP) is 0.689. The standard InChI is InChI=1S/C11H18N6/c1-2-3-6-16(7-4-12)10-11-15-14-9-17(11)8-5-13-10/h5,8-9H,2-4,6-7,12H2,1H3. The largest absolute Gasteiger partial charge is 0.352 e. The lowest BCUT2D eigenvalue weighted by atomic mass is 10.3. The molecule has 0 fully saturated rings. The van der Waals surface area contributed by atoms with Crippen molar-refractivity contribution in [3.05, 3.63) is 18.7 Å². The molecule has 0 bridgehead atoms. The topological polar surface area (TPSA) is 72.3 Å². The van der Waals surface area contributed by atoms with Gasteiger partial charge in [0.05, 0.1) is 0 Å². The molecule has 2 rings (SSSR count). The van der Waals surface area contributed by atoms with Crippen molar-refractivity contribution in [2.24, 2.45) is 5.73 Å². The van der Waals surface area contributed by atoms with Crippen LogP contribution < -0.4 is 10.6 Å². The number of fused-ring (bicyclic) bond motifs is 1.